The highest BCUT2D eigenvalue weighted by Gasteiger charge is 2.24. The normalized spacial score (nSPS) is 14.9. The Balaban J connectivity index is 1.53. The van der Waals surface area contributed by atoms with Gasteiger partial charge >= 0.3 is 0 Å². The Morgan fingerprint density at radius 1 is 1.19 bits per heavy atom. The summed E-state index contributed by atoms with van der Waals surface area (Å²) in [5.74, 6) is -0.191. The number of halogens is 1. The Bertz CT molecular complexity index is 912. The van der Waals surface area contributed by atoms with Crippen LogP contribution in [0, 0.1) is 0 Å². The zero-order valence-electron chi connectivity index (χ0n) is 14.0. The molecule has 0 atom stereocenters. The van der Waals surface area contributed by atoms with Gasteiger partial charge in [0.25, 0.3) is 17.1 Å². The van der Waals surface area contributed by atoms with Gasteiger partial charge in [-0.25, -0.2) is 0 Å². The highest BCUT2D eigenvalue weighted by Crippen LogP contribution is 2.26. The molecule has 2 aromatic carbocycles. The second-order valence-electron chi connectivity index (χ2n) is 5.62. The third-order valence-electron chi connectivity index (χ3n) is 3.57. The van der Waals surface area contributed by atoms with E-state index in [1.165, 1.54) is 0 Å². The van der Waals surface area contributed by atoms with E-state index >= 15 is 0 Å². The minimum absolute atomic E-state index is 0.138. The standard InChI is InChI=1S/C19H15ClN2O4S/c20-14-6-4-12(5-7-14)10-21-17(23)11-26-15-3-1-2-13(8-15)9-16-18(24)22-19(25)27-16/h1-9H,10-11H2,(H,21,23)(H,22,24,25). The maximum atomic E-state index is 11.9. The van der Waals surface area contributed by atoms with Crippen LogP contribution in [0.25, 0.3) is 6.08 Å². The van der Waals surface area contributed by atoms with Crippen LogP contribution in [-0.4, -0.2) is 23.7 Å². The second kappa shape index (κ2) is 8.75. The summed E-state index contributed by atoms with van der Waals surface area (Å²) in [6.45, 7) is 0.243. The highest BCUT2D eigenvalue weighted by atomic mass is 35.5. The number of rotatable bonds is 6. The second-order valence-corrected chi connectivity index (χ2v) is 7.07. The van der Waals surface area contributed by atoms with Crippen LogP contribution in [0.2, 0.25) is 5.02 Å². The molecule has 0 aliphatic carbocycles. The van der Waals surface area contributed by atoms with Gasteiger partial charge in [-0.1, -0.05) is 35.9 Å². The van der Waals surface area contributed by atoms with E-state index in [1.54, 1.807) is 42.5 Å². The third kappa shape index (κ3) is 5.60. The Morgan fingerprint density at radius 2 is 1.96 bits per heavy atom. The summed E-state index contributed by atoms with van der Waals surface area (Å²) < 4.78 is 5.49. The quantitative estimate of drug-likeness (QED) is 0.724. The zero-order valence-corrected chi connectivity index (χ0v) is 15.6. The molecule has 2 N–H and O–H groups in total. The van der Waals surface area contributed by atoms with Crippen LogP contribution in [-0.2, 0) is 16.1 Å². The predicted molar refractivity (Wildman–Crippen MR) is 104 cm³/mol. The topological polar surface area (TPSA) is 84.5 Å². The molecular formula is C19H15ClN2O4S. The van der Waals surface area contributed by atoms with Gasteiger partial charge in [-0.15, -0.1) is 0 Å². The molecule has 0 unspecified atom stereocenters. The van der Waals surface area contributed by atoms with E-state index in [2.05, 4.69) is 10.6 Å². The van der Waals surface area contributed by atoms with E-state index in [-0.39, 0.29) is 12.5 Å². The molecule has 2 aromatic rings. The summed E-state index contributed by atoms with van der Waals surface area (Å²) in [5.41, 5.74) is 1.63. The average molecular weight is 403 g/mol. The van der Waals surface area contributed by atoms with Crippen LogP contribution < -0.4 is 15.4 Å². The monoisotopic (exact) mass is 402 g/mol. The molecule has 0 spiro atoms. The first-order valence-electron chi connectivity index (χ1n) is 7.98. The van der Waals surface area contributed by atoms with Crippen molar-refractivity contribution < 1.29 is 19.1 Å². The zero-order chi connectivity index (χ0) is 19.2. The molecule has 0 radical (unpaired) electrons. The van der Waals surface area contributed by atoms with E-state index in [0.29, 0.717) is 27.8 Å². The molecule has 1 saturated heterocycles. The number of carbonyl (C=O) groups is 3. The van der Waals surface area contributed by atoms with Crippen LogP contribution in [0.15, 0.2) is 53.4 Å². The lowest BCUT2D eigenvalue weighted by atomic mass is 10.2. The number of ether oxygens (including phenoxy) is 1. The molecular weight excluding hydrogens is 388 g/mol. The molecule has 1 heterocycles. The van der Waals surface area contributed by atoms with Crippen LogP contribution in [0.3, 0.4) is 0 Å². The summed E-state index contributed by atoms with van der Waals surface area (Å²) in [7, 11) is 0. The van der Waals surface area contributed by atoms with Crippen LogP contribution in [0.1, 0.15) is 11.1 Å². The lowest BCUT2D eigenvalue weighted by Gasteiger charge is -2.08. The molecule has 3 amide bonds. The molecule has 1 aliphatic rings. The van der Waals surface area contributed by atoms with Gasteiger partial charge in [0, 0.05) is 11.6 Å². The molecule has 6 nitrogen and oxygen atoms in total. The molecule has 0 aromatic heterocycles. The molecule has 1 aliphatic heterocycles. The fraction of sp³-hybridized carbons (Fsp3) is 0.105. The van der Waals surface area contributed by atoms with Crippen molar-refractivity contribution in [3.05, 3.63) is 69.6 Å². The Labute approximate surface area is 164 Å². The molecule has 0 saturated carbocycles. The maximum Gasteiger partial charge on any atom is 0.290 e. The summed E-state index contributed by atoms with van der Waals surface area (Å²) in [5, 5.41) is 5.21. The smallest absolute Gasteiger partial charge is 0.290 e. The average Bonchev–Trinajstić information content (AvgIpc) is 2.97. The number of hydrogen-bond acceptors (Lipinski definition) is 5. The fourth-order valence-electron chi connectivity index (χ4n) is 2.27. The van der Waals surface area contributed by atoms with Gasteiger partial charge in [-0.3, -0.25) is 19.7 Å². The van der Waals surface area contributed by atoms with Gasteiger partial charge in [0.2, 0.25) is 0 Å². The maximum absolute atomic E-state index is 11.9. The number of benzene rings is 2. The van der Waals surface area contributed by atoms with Crippen molar-refractivity contribution in [3.8, 4) is 5.75 Å². The van der Waals surface area contributed by atoms with Crippen LogP contribution >= 0.6 is 23.4 Å². The van der Waals surface area contributed by atoms with Crippen molar-refractivity contribution in [2.45, 2.75) is 6.54 Å². The van der Waals surface area contributed by atoms with Gasteiger partial charge in [0.15, 0.2) is 6.61 Å². The first kappa shape index (κ1) is 19.0. The van der Waals surface area contributed by atoms with Crippen molar-refractivity contribution in [1.29, 1.82) is 0 Å². The number of hydrogen-bond donors (Lipinski definition) is 2. The van der Waals surface area contributed by atoms with Crippen molar-refractivity contribution in [3.63, 3.8) is 0 Å². The molecule has 8 heteroatoms. The van der Waals surface area contributed by atoms with Gasteiger partial charge in [0.05, 0.1) is 4.91 Å². The molecule has 3 rings (SSSR count). The number of amides is 3. The van der Waals surface area contributed by atoms with E-state index in [1.807, 2.05) is 12.1 Å². The Morgan fingerprint density at radius 3 is 2.67 bits per heavy atom. The fourth-order valence-corrected chi connectivity index (χ4v) is 3.08. The molecule has 138 valence electrons. The summed E-state index contributed by atoms with van der Waals surface area (Å²) in [4.78, 5) is 35.0. The Hall–Kier alpha value is -2.77. The van der Waals surface area contributed by atoms with Crippen LogP contribution in [0.4, 0.5) is 4.79 Å². The number of nitrogens with one attached hydrogen (secondary N) is 2. The van der Waals surface area contributed by atoms with E-state index < -0.39 is 11.1 Å². The predicted octanol–water partition coefficient (Wildman–Crippen LogP) is 3.36. The van der Waals surface area contributed by atoms with Gasteiger partial charge in [-0.2, -0.15) is 0 Å². The first-order valence-corrected chi connectivity index (χ1v) is 9.18. The minimum atomic E-state index is -0.419. The highest BCUT2D eigenvalue weighted by molar-refractivity contribution is 8.18. The van der Waals surface area contributed by atoms with E-state index in [9.17, 15) is 14.4 Å². The van der Waals surface area contributed by atoms with Crippen molar-refractivity contribution in [2.24, 2.45) is 0 Å². The largest absolute Gasteiger partial charge is 0.484 e. The van der Waals surface area contributed by atoms with Gasteiger partial charge in [0.1, 0.15) is 5.75 Å². The first-order chi connectivity index (χ1) is 13.0. The lowest BCUT2D eigenvalue weighted by Crippen LogP contribution is -2.28. The number of imide groups is 1. The summed E-state index contributed by atoms with van der Waals surface area (Å²) in [6.07, 6.45) is 1.60. The van der Waals surface area contributed by atoms with E-state index in [0.717, 1.165) is 17.3 Å². The van der Waals surface area contributed by atoms with Crippen molar-refractivity contribution in [1.82, 2.24) is 10.6 Å². The number of thioether (sulfide) groups is 1. The minimum Gasteiger partial charge on any atom is -0.484 e. The Kier molecular flexibility index (Phi) is 6.16. The lowest BCUT2D eigenvalue weighted by molar-refractivity contribution is -0.123. The van der Waals surface area contributed by atoms with Gasteiger partial charge < -0.3 is 10.1 Å². The summed E-state index contributed by atoms with van der Waals surface area (Å²) >= 11 is 6.67. The molecule has 0 bridgehead atoms. The van der Waals surface area contributed by atoms with Crippen molar-refractivity contribution in [2.75, 3.05) is 6.61 Å². The molecule has 27 heavy (non-hydrogen) atoms. The van der Waals surface area contributed by atoms with Crippen LogP contribution in [0.5, 0.6) is 5.75 Å². The van der Waals surface area contributed by atoms with Crippen molar-refractivity contribution >= 4 is 46.5 Å². The van der Waals surface area contributed by atoms with Gasteiger partial charge in [-0.05, 0) is 53.2 Å². The molecule has 1 fully saturated rings. The number of carbonyl (C=O) groups excluding carboxylic acids is 3. The summed E-state index contributed by atoms with van der Waals surface area (Å²) in [6, 6.07) is 14.1. The van der Waals surface area contributed by atoms with E-state index in [4.69, 9.17) is 16.3 Å². The SMILES string of the molecule is O=C(COc1cccc(C=C2SC(=O)NC2=O)c1)NCc1ccc(Cl)cc1. The third-order valence-corrected chi connectivity index (χ3v) is 4.63.